The fourth-order valence-corrected chi connectivity index (χ4v) is 4.39. The van der Waals surface area contributed by atoms with Gasteiger partial charge >= 0.3 is 0 Å². The molecule has 2 aliphatic rings. The normalized spacial score (nSPS) is 22.2. The summed E-state index contributed by atoms with van der Waals surface area (Å²) in [6.07, 6.45) is 3.63. The number of hydrogen-bond acceptors (Lipinski definition) is 5. The topological polar surface area (TPSA) is 76.1 Å². The number of carbonyl (C=O) groups excluding carboxylic acids is 2. The lowest BCUT2D eigenvalue weighted by atomic mass is 9.95. The van der Waals surface area contributed by atoms with E-state index in [0.717, 1.165) is 37.0 Å². The van der Waals surface area contributed by atoms with Crippen LogP contribution in [0.15, 0.2) is 54.1 Å². The Kier molecular flexibility index (Phi) is 7.36. The molecule has 6 nitrogen and oxygen atoms in total. The van der Waals surface area contributed by atoms with Crippen LogP contribution in [-0.2, 0) is 14.3 Å². The van der Waals surface area contributed by atoms with Crippen LogP contribution in [0.4, 0.5) is 0 Å². The van der Waals surface area contributed by atoms with Gasteiger partial charge in [-0.2, -0.15) is 0 Å². The minimum Gasteiger partial charge on any atom is -0.507 e. The highest BCUT2D eigenvalue weighted by Gasteiger charge is 2.47. The number of aliphatic hydroxyl groups is 1. The second kappa shape index (κ2) is 10.4. The number of ether oxygens (including phenoxy) is 2. The third kappa shape index (κ3) is 5.07. The summed E-state index contributed by atoms with van der Waals surface area (Å²) in [6.45, 7) is 3.67. The number of benzene rings is 2. The molecule has 0 saturated carbocycles. The maximum Gasteiger partial charge on any atom is 0.295 e. The maximum absolute atomic E-state index is 13.1. The predicted molar refractivity (Wildman–Crippen MR) is 126 cm³/mol. The Bertz CT molecular complexity index is 1030. The van der Waals surface area contributed by atoms with Gasteiger partial charge in [0.05, 0.1) is 24.3 Å². The third-order valence-corrected chi connectivity index (χ3v) is 6.30. The number of likely N-dealkylation sites (tertiary alicyclic amines) is 1. The van der Waals surface area contributed by atoms with E-state index in [1.54, 1.807) is 24.3 Å². The number of hydrogen-bond donors (Lipinski definition) is 1. The monoisotopic (exact) mass is 469 g/mol. The molecule has 2 heterocycles. The first-order valence-corrected chi connectivity index (χ1v) is 11.8. The number of halogens is 1. The summed E-state index contributed by atoms with van der Waals surface area (Å²) in [5, 5.41) is 11.6. The van der Waals surface area contributed by atoms with Gasteiger partial charge in [-0.25, -0.2) is 0 Å². The molecule has 1 amide bonds. The molecule has 174 valence electrons. The van der Waals surface area contributed by atoms with Crippen molar-refractivity contribution in [2.24, 2.45) is 0 Å². The second-order valence-electron chi connectivity index (χ2n) is 8.36. The van der Waals surface area contributed by atoms with Gasteiger partial charge < -0.3 is 19.5 Å². The van der Waals surface area contributed by atoms with Crippen molar-refractivity contribution in [3.05, 3.63) is 70.3 Å². The first-order valence-electron chi connectivity index (χ1n) is 11.4. The lowest BCUT2D eigenvalue weighted by molar-refractivity contribution is -0.140. The summed E-state index contributed by atoms with van der Waals surface area (Å²) in [6, 6.07) is 13.2. The summed E-state index contributed by atoms with van der Waals surface area (Å²) in [5.74, 6) is -0.822. The molecule has 2 aliphatic heterocycles. The van der Waals surface area contributed by atoms with Gasteiger partial charge in [-0.1, -0.05) is 37.1 Å². The molecule has 0 unspecified atom stereocenters. The van der Waals surface area contributed by atoms with Gasteiger partial charge in [0.1, 0.15) is 11.5 Å². The molecule has 2 aromatic rings. The maximum atomic E-state index is 13.1. The standard InChI is InChI=1S/C26H28ClNO5/c1-2-3-14-32-20-12-8-17(9-13-20)23-22(24(29)18-6-10-19(27)11-7-18)25(30)26(31)28(23)16-21-5-4-15-33-21/h6-13,21,23,29H,2-5,14-16H2,1H3/t21-,23+/m0/s1. The molecule has 0 radical (unpaired) electrons. The Hall–Kier alpha value is -2.83. The van der Waals surface area contributed by atoms with Crippen molar-refractivity contribution in [3.63, 3.8) is 0 Å². The summed E-state index contributed by atoms with van der Waals surface area (Å²) in [7, 11) is 0. The number of ketones is 1. The number of amides is 1. The quantitative estimate of drug-likeness (QED) is 0.251. The van der Waals surface area contributed by atoms with Crippen LogP contribution >= 0.6 is 11.6 Å². The summed E-state index contributed by atoms with van der Waals surface area (Å²) in [5.41, 5.74) is 1.23. The summed E-state index contributed by atoms with van der Waals surface area (Å²) < 4.78 is 11.5. The fourth-order valence-electron chi connectivity index (χ4n) is 4.27. The highest BCUT2D eigenvalue weighted by Crippen LogP contribution is 2.40. The number of unbranched alkanes of at least 4 members (excludes halogenated alkanes) is 1. The number of aliphatic hydroxyl groups excluding tert-OH is 1. The SMILES string of the molecule is CCCCOc1ccc([C@@H]2C(=C(O)c3ccc(Cl)cc3)C(=O)C(=O)N2C[C@@H]2CCCO2)cc1. The smallest absolute Gasteiger partial charge is 0.295 e. The van der Waals surface area contributed by atoms with Crippen LogP contribution < -0.4 is 4.74 Å². The first kappa shape index (κ1) is 23.3. The van der Waals surface area contributed by atoms with Crippen molar-refractivity contribution in [3.8, 4) is 5.75 Å². The van der Waals surface area contributed by atoms with Crippen molar-refractivity contribution in [1.29, 1.82) is 0 Å². The molecule has 33 heavy (non-hydrogen) atoms. The average molecular weight is 470 g/mol. The fraction of sp³-hybridized carbons (Fsp3) is 0.385. The van der Waals surface area contributed by atoms with Crippen LogP contribution in [0.25, 0.3) is 5.76 Å². The van der Waals surface area contributed by atoms with Gasteiger partial charge in [-0.15, -0.1) is 0 Å². The summed E-state index contributed by atoms with van der Waals surface area (Å²) in [4.78, 5) is 27.7. The van der Waals surface area contributed by atoms with Crippen molar-refractivity contribution in [2.75, 3.05) is 19.8 Å². The molecule has 2 atom stereocenters. The van der Waals surface area contributed by atoms with E-state index in [-0.39, 0.29) is 17.4 Å². The second-order valence-corrected chi connectivity index (χ2v) is 8.80. The van der Waals surface area contributed by atoms with Gasteiger partial charge in [0, 0.05) is 23.7 Å². The third-order valence-electron chi connectivity index (χ3n) is 6.04. The number of Topliss-reactive ketones (excluding diaryl/α,β-unsaturated/α-hetero) is 1. The first-order chi connectivity index (χ1) is 16.0. The minimum atomic E-state index is -0.713. The molecule has 0 spiro atoms. The van der Waals surface area contributed by atoms with Crippen molar-refractivity contribution in [1.82, 2.24) is 4.90 Å². The van der Waals surface area contributed by atoms with E-state index in [9.17, 15) is 14.7 Å². The van der Waals surface area contributed by atoms with E-state index in [4.69, 9.17) is 21.1 Å². The number of rotatable bonds is 8. The van der Waals surface area contributed by atoms with Gasteiger partial charge in [-0.3, -0.25) is 9.59 Å². The van der Waals surface area contributed by atoms with E-state index in [2.05, 4.69) is 6.92 Å². The molecule has 0 bridgehead atoms. The van der Waals surface area contributed by atoms with Gasteiger partial charge in [0.2, 0.25) is 0 Å². The Morgan fingerprint density at radius 1 is 1.15 bits per heavy atom. The molecule has 2 fully saturated rings. The average Bonchev–Trinajstić information content (AvgIpc) is 3.42. The Labute approximate surface area is 198 Å². The van der Waals surface area contributed by atoms with Crippen LogP contribution in [0, 0.1) is 0 Å². The van der Waals surface area contributed by atoms with Gasteiger partial charge in [0.25, 0.3) is 11.7 Å². The Morgan fingerprint density at radius 3 is 2.52 bits per heavy atom. The molecule has 4 rings (SSSR count). The van der Waals surface area contributed by atoms with Crippen LogP contribution in [-0.4, -0.2) is 47.6 Å². The number of nitrogens with zero attached hydrogens (tertiary/aromatic N) is 1. The predicted octanol–water partition coefficient (Wildman–Crippen LogP) is 5.12. The largest absolute Gasteiger partial charge is 0.507 e. The summed E-state index contributed by atoms with van der Waals surface area (Å²) >= 11 is 5.98. The molecular formula is C26H28ClNO5. The van der Waals surface area contributed by atoms with Crippen molar-refractivity contribution < 1.29 is 24.2 Å². The zero-order chi connectivity index (χ0) is 23.4. The molecule has 1 N–H and O–H groups in total. The molecule has 2 aromatic carbocycles. The number of carbonyl (C=O) groups is 2. The van der Waals surface area contributed by atoms with Gasteiger partial charge in [0.15, 0.2) is 0 Å². The Balaban J connectivity index is 1.72. The minimum absolute atomic E-state index is 0.0694. The highest BCUT2D eigenvalue weighted by atomic mass is 35.5. The van der Waals surface area contributed by atoms with Gasteiger partial charge in [-0.05, 0) is 61.2 Å². The molecular weight excluding hydrogens is 442 g/mol. The highest BCUT2D eigenvalue weighted by molar-refractivity contribution is 6.46. The zero-order valence-electron chi connectivity index (χ0n) is 18.6. The van der Waals surface area contributed by atoms with Crippen LogP contribution in [0.1, 0.15) is 49.8 Å². The molecule has 0 aromatic heterocycles. The zero-order valence-corrected chi connectivity index (χ0v) is 19.4. The van der Waals surface area contributed by atoms with Crippen LogP contribution in [0.3, 0.4) is 0 Å². The van der Waals surface area contributed by atoms with E-state index >= 15 is 0 Å². The van der Waals surface area contributed by atoms with Crippen LogP contribution in [0.2, 0.25) is 5.02 Å². The lowest BCUT2D eigenvalue weighted by Gasteiger charge is -2.27. The molecule has 7 heteroatoms. The lowest BCUT2D eigenvalue weighted by Crippen LogP contribution is -2.36. The van der Waals surface area contributed by atoms with E-state index in [1.165, 1.54) is 4.90 Å². The van der Waals surface area contributed by atoms with E-state index in [0.29, 0.717) is 30.3 Å². The Morgan fingerprint density at radius 2 is 1.88 bits per heavy atom. The molecule has 0 aliphatic carbocycles. The van der Waals surface area contributed by atoms with E-state index < -0.39 is 17.7 Å². The van der Waals surface area contributed by atoms with Crippen molar-refractivity contribution in [2.45, 2.75) is 44.8 Å². The van der Waals surface area contributed by atoms with Crippen LogP contribution in [0.5, 0.6) is 5.75 Å². The van der Waals surface area contributed by atoms with Crippen molar-refractivity contribution >= 4 is 29.1 Å². The van der Waals surface area contributed by atoms with E-state index in [1.807, 2.05) is 24.3 Å². The molecule has 2 saturated heterocycles.